The fraction of sp³-hybridized carbons (Fsp3) is 0.638. The number of unbranched alkanes of at least 4 members (excludes halogenated alkanes) is 13. The van der Waals surface area contributed by atoms with Crippen molar-refractivity contribution < 1.29 is 42.9 Å². The molecule has 380 valence electrons. The molecule has 9 heteroatoms. The minimum Gasteiger partial charge on any atom is -0.545 e. The van der Waals surface area contributed by atoms with Crippen LogP contribution in [0.2, 0.25) is 0 Å². The number of esters is 2. The zero-order chi connectivity index (χ0) is 49.2. The lowest BCUT2D eigenvalue weighted by atomic mass is 10.1. The molecule has 0 aliphatic carbocycles. The number of rotatable bonds is 46. The van der Waals surface area contributed by atoms with Crippen molar-refractivity contribution in [3.8, 4) is 0 Å². The molecule has 0 bridgehead atoms. The van der Waals surface area contributed by atoms with E-state index in [9.17, 15) is 19.5 Å². The van der Waals surface area contributed by atoms with Crippen LogP contribution in [0.25, 0.3) is 0 Å². The fourth-order valence-corrected chi connectivity index (χ4v) is 6.48. The number of quaternary nitrogens is 1. The number of nitrogens with zero attached hydrogens (tertiary/aromatic N) is 1. The zero-order valence-corrected chi connectivity index (χ0v) is 43.0. The van der Waals surface area contributed by atoms with E-state index in [0.717, 1.165) is 116 Å². The number of allylic oxidation sites excluding steroid dienone is 18. The average molecular weight is 934 g/mol. The quantitative estimate of drug-likeness (QED) is 0.0195. The molecule has 0 aliphatic rings. The number of carboxylic acids is 1. The Balaban J connectivity index is 4.41. The van der Waals surface area contributed by atoms with Gasteiger partial charge in [0.1, 0.15) is 13.2 Å². The predicted octanol–water partition coefficient (Wildman–Crippen LogP) is 13.4. The molecule has 0 spiro atoms. The minimum atomic E-state index is -1.64. The third kappa shape index (κ3) is 49.7. The lowest BCUT2D eigenvalue weighted by Crippen LogP contribution is -2.44. The highest BCUT2D eigenvalue weighted by Crippen LogP contribution is 2.12. The van der Waals surface area contributed by atoms with Crippen molar-refractivity contribution >= 4 is 17.9 Å². The van der Waals surface area contributed by atoms with Gasteiger partial charge in [-0.25, -0.2) is 0 Å². The highest BCUT2D eigenvalue weighted by molar-refractivity contribution is 5.70. The first kappa shape index (κ1) is 63.0. The predicted molar refractivity (Wildman–Crippen MR) is 278 cm³/mol. The van der Waals surface area contributed by atoms with Crippen LogP contribution in [0.3, 0.4) is 0 Å². The van der Waals surface area contributed by atoms with Crippen molar-refractivity contribution in [3.05, 3.63) is 109 Å². The number of ether oxygens (including phenoxy) is 4. The molecular formula is C58H95NO8. The van der Waals surface area contributed by atoms with Gasteiger partial charge in [-0.05, 0) is 103 Å². The Kier molecular flexibility index (Phi) is 45.5. The van der Waals surface area contributed by atoms with Crippen LogP contribution >= 0.6 is 0 Å². The van der Waals surface area contributed by atoms with E-state index in [0.29, 0.717) is 23.9 Å². The zero-order valence-electron chi connectivity index (χ0n) is 43.0. The van der Waals surface area contributed by atoms with Crippen LogP contribution < -0.4 is 5.11 Å². The number of carbonyl (C=O) groups is 3. The Morgan fingerprint density at radius 3 is 1.27 bits per heavy atom. The Labute approximate surface area is 409 Å². The molecule has 67 heavy (non-hydrogen) atoms. The van der Waals surface area contributed by atoms with Gasteiger partial charge in [0.05, 0.1) is 40.3 Å². The number of hydrogen-bond acceptors (Lipinski definition) is 8. The van der Waals surface area contributed by atoms with Gasteiger partial charge in [-0.3, -0.25) is 9.59 Å². The summed E-state index contributed by atoms with van der Waals surface area (Å²) in [7, 11) is 5.89. The molecule has 0 radical (unpaired) electrons. The first-order valence-electron chi connectivity index (χ1n) is 26.0. The van der Waals surface area contributed by atoms with E-state index in [4.69, 9.17) is 18.9 Å². The van der Waals surface area contributed by atoms with Gasteiger partial charge in [0.2, 0.25) is 0 Å². The smallest absolute Gasteiger partial charge is 0.306 e. The summed E-state index contributed by atoms with van der Waals surface area (Å²) in [4.78, 5) is 37.1. The third-order valence-electron chi connectivity index (χ3n) is 10.5. The summed E-state index contributed by atoms with van der Waals surface area (Å²) in [6, 6.07) is 0. The second-order valence-corrected chi connectivity index (χ2v) is 18.1. The number of carboxylic acid groups (broad SMARTS) is 1. The topological polar surface area (TPSA) is 111 Å². The Morgan fingerprint density at radius 2 is 0.851 bits per heavy atom. The van der Waals surface area contributed by atoms with Crippen molar-refractivity contribution in [1.82, 2.24) is 0 Å². The molecule has 9 nitrogen and oxygen atoms in total. The molecule has 0 heterocycles. The Bertz CT molecular complexity index is 1460. The van der Waals surface area contributed by atoms with Gasteiger partial charge >= 0.3 is 11.9 Å². The molecule has 0 fully saturated rings. The second-order valence-electron chi connectivity index (χ2n) is 18.1. The van der Waals surface area contributed by atoms with Crippen LogP contribution in [-0.4, -0.2) is 82.3 Å². The summed E-state index contributed by atoms with van der Waals surface area (Å²) >= 11 is 0. The first-order valence-corrected chi connectivity index (χ1v) is 26.0. The normalized spacial score (nSPS) is 13.7. The first-order chi connectivity index (χ1) is 32.6. The molecule has 0 rings (SSSR count). The van der Waals surface area contributed by atoms with Crippen LogP contribution in [0, 0.1) is 0 Å². The van der Waals surface area contributed by atoms with Crippen molar-refractivity contribution in [3.63, 3.8) is 0 Å². The minimum absolute atomic E-state index is 0.135. The lowest BCUT2D eigenvalue weighted by molar-refractivity contribution is -0.870. The maximum atomic E-state index is 12.8. The standard InChI is InChI=1S/C58H95NO8/c1-6-8-10-12-14-16-18-20-22-23-24-25-26-27-28-29-30-31-32-33-35-37-39-41-43-45-47-49-56(61)67-54(53-66-58(57(62)63)64-51-50-59(3,4)5)52-65-55(60)48-46-44-42-40-38-36-34-21-19-17-15-13-11-9-7-2/h8,10,14-17,20-22,24-25,27-28,30-31,33-35,54,58H,6-7,9,11-13,18-19,23,26,29,32,36-53H2,1-5H3/b10-8-,16-14-,17-15-,22-20-,25-24-,28-27-,31-30-,34-21-,35-33-. The second kappa shape index (κ2) is 48.4. The molecule has 2 unspecified atom stereocenters. The molecular weight excluding hydrogens is 839 g/mol. The van der Waals surface area contributed by atoms with Gasteiger partial charge < -0.3 is 33.3 Å². The maximum Gasteiger partial charge on any atom is 0.306 e. The number of carbonyl (C=O) groups excluding carboxylic acids is 3. The summed E-state index contributed by atoms with van der Waals surface area (Å²) in [5.41, 5.74) is 0. The van der Waals surface area contributed by atoms with E-state index in [-0.39, 0.29) is 38.6 Å². The van der Waals surface area contributed by atoms with Crippen molar-refractivity contribution in [2.24, 2.45) is 0 Å². The van der Waals surface area contributed by atoms with Crippen LogP contribution in [0.15, 0.2) is 109 Å². The van der Waals surface area contributed by atoms with Crippen molar-refractivity contribution in [2.75, 3.05) is 47.5 Å². The summed E-state index contributed by atoms with van der Waals surface area (Å²) in [5.74, 6) is -2.34. The fourth-order valence-electron chi connectivity index (χ4n) is 6.48. The molecule has 0 aliphatic heterocycles. The van der Waals surface area contributed by atoms with E-state index in [1.165, 1.54) is 25.7 Å². The monoisotopic (exact) mass is 934 g/mol. The van der Waals surface area contributed by atoms with E-state index in [1.54, 1.807) is 0 Å². The van der Waals surface area contributed by atoms with Crippen molar-refractivity contribution in [1.29, 1.82) is 0 Å². The number of likely N-dealkylation sites (N-methyl/N-ethyl adjacent to an activating group) is 1. The Morgan fingerprint density at radius 1 is 0.463 bits per heavy atom. The van der Waals surface area contributed by atoms with E-state index >= 15 is 0 Å². The molecule has 0 aromatic heterocycles. The van der Waals surface area contributed by atoms with Gasteiger partial charge in [0, 0.05) is 12.8 Å². The van der Waals surface area contributed by atoms with Gasteiger partial charge in [0.15, 0.2) is 12.4 Å². The third-order valence-corrected chi connectivity index (χ3v) is 10.5. The lowest BCUT2D eigenvalue weighted by Gasteiger charge is -2.26. The van der Waals surface area contributed by atoms with Gasteiger partial charge in [-0.15, -0.1) is 0 Å². The highest BCUT2D eigenvalue weighted by Gasteiger charge is 2.21. The van der Waals surface area contributed by atoms with Crippen LogP contribution in [0.1, 0.15) is 181 Å². The highest BCUT2D eigenvalue weighted by atomic mass is 16.7. The van der Waals surface area contributed by atoms with Gasteiger partial charge in [-0.2, -0.15) is 0 Å². The molecule has 2 atom stereocenters. The molecule has 0 amide bonds. The molecule has 0 saturated heterocycles. The van der Waals surface area contributed by atoms with Gasteiger partial charge in [0.25, 0.3) is 0 Å². The summed E-state index contributed by atoms with van der Waals surface area (Å²) < 4.78 is 22.6. The molecule has 0 saturated carbocycles. The average Bonchev–Trinajstić information content (AvgIpc) is 3.29. The molecule has 0 N–H and O–H groups in total. The van der Waals surface area contributed by atoms with Crippen LogP contribution in [0.4, 0.5) is 0 Å². The van der Waals surface area contributed by atoms with Gasteiger partial charge in [-0.1, -0.05) is 175 Å². The van der Waals surface area contributed by atoms with Crippen LogP contribution in [0.5, 0.6) is 0 Å². The summed E-state index contributed by atoms with van der Waals surface area (Å²) in [6.07, 6.45) is 62.6. The van der Waals surface area contributed by atoms with Crippen LogP contribution in [-0.2, 0) is 33.3 Å². The molecule has 0 aromatic rings. The van der Waals surface area contributed by atoms with E-state index in [1.807, 2.05) is 21.1 Å². The SMILES string of the molecule is CC/C=C\C/C=C\C/C=C\C/C=C\C/C=C\C/C=C\C/C=C\CCCCCCCC(=O)OC(COC(=O)CCCCCCC/C=C\C/C=C\CCCCC)COC(OCC[N+](C)(C)C)C(=O)[O-]. The number of hydrogen-bond donors (Lipinski definition) is 0. The Hall–Kier alpha value is -4.05. The summed E-state index contributed by atoms with van der Waals surface area (Å²) in [6.45, 7) is 4.54. The largest absolute Gasteiger partial charge is 0.545 e. The molecule has 0 aromatic carbocycles. The van der Waals surface area contributed by atoms with Crippen molar-refractivity contribution in [2.45, 2.75) is 193 Å². The van der Waals surface area contributed by atoms with E-state index < -0.39 is 24.3 Å². The van der Waals surface area contributed by atoms with E-state index in [2.05, 4.69) is 123 Å². The summed E-state index contributed by atoms with van der Waals surface area (Å²) in [5, 5.41) is 11.7. The number of aliphatic carboxylic acids is 1. The maximum absolute atomic E-state index is 12.8.